The first kappa shape index (κ1) is 20.6. The number of hydrogen-bond acceptors (Lipinski definition) is 5. The highest BCUT2D eigenvalue weighted by Crippen LogP contribution is 2.37. The van der Waals surface area contributed by atoms with Gasteiger partial charge in [0.25, 0.3) is 0 Å². The maximum absolute atomic E-state index is 6.38. The summed E-state index contributed by atoms with van der Waals surface area (Å²) in [5.74, 6) is 3.24. The predicted octanol–water partition coefficient (Wildman–Crippen LogP) is 5.01. The monoisotopic (exact) mass is 405 g/mol. The van der Waals surface area contributed by atoms with Crippen molar-refractivity contribution in [2.75, 3.05) is 26.9 Å². The molecule has 0 spiro atoms. The van der Waals surface area contributed by atoms with Crippen LogP contribution in [0, 0.1) is 5.92 Å². The molecule has 0 radical (unpaired) electrons. The summed E-state index contributed by atoms with van der Waals surface area (Å²) in [7, 11) is 1.60. The lowest BCUT2D eigenvalue weighted by Crippen LogP contribution is -2.26. The molecule has 0 bridgehead atoms. The minimum Gasteiger partial charge on any atom is -0.491 e. The number of ether oxygens (including phenoxy) is 4. The zero-order chi connectivity index (χ0) is 20.1. The van der Waals surface area contributed by atoms with Crippen LogP contribution in [-0.4, -0.2) is 26.9 Å². The molecule has 1 heterocycles. The number of hydrogen-bond donors (Lipinski definition) is 1. The third-order valence-electron chi connectivity index (χ3n) is 4.69. The molecule has 1 N–H and O–H groups in total. The quantitative estimate of drug-likeness (QED) is 0.669. The Hall–Kier alpha value is -2.11. The second kappa shape index (κ2) is 9.39. The maximum Gasteiger partial charge on any atom is 0.179 e. The summed E-state index contributed by atoms with van der Waals surface area (Å²) in [6.45, 7) is 8.72. The van der Waals surface area contributed by atoms with Crippen molar-refractivity contribution in [1.82, 2.24) is 5.32 Å². The van der Waals surface area contributed by atoms with Gasteiger partial charge in [-0.2, -0.15) is 0 Å². The Bertz CT molecular complexity index is 809. The summed E-state index contributed by atoms with van der Waals surface area (Å²) < 4.78 is 22.4. The van der Waals surface area contributed by atoms with E-state index in [0.717, 1.165) is 17.1 Å². The van der Waals surface area contributed by atoms with E-state index in [2.05, 4.69) is 31.3 Å². The number of rotatable bonds is 8. The normalized spacial score (nSPS) is 14.1. The molecule has 1 atom stereocenters. The molecule has 2 aromatic rings. The molecular weight excluding hydrogens is 378 g/mol. The molecule has 152 valence electrons. The summed E-state index contributed by atoms with van der Waals surface area (Å²) in [6, 6.07) is 10.2. The molecule has 0 aromatic heterocycles. The van der Waals surface area contributed by atoms with Crippen LogP contribution < -0.4 is 24.3 Å². The van der Waals surface area contributed by atoms with Gasteiger partial charge in [0.15, 0.2) is 23.0 Å². The molecule has 28 heavy (non-hydrogen) atoms. The van der Waals surface area contributed by atoms with Crippen molar-refractivity contribution >= 4 is 11.6 Å². The standard InChI is InChI=1S/C22H28ClNO4/c1-5-26-20-11-15(10-17(23)22(20)25-4)13-24-21(14(2)3)16-6-7-18-19(12-16)28-9-8-27-18/h6-7,10-12,14,21,24H,5,8-9,13H2,1-4H3. The molecule has 6 heteroatoms. The third kappa shape index (κ3) is 4.65. The largest absolute Gasteiger partial charge is 0.491 e. The summed E-state index contributed by atoms with van der Waals surface area (Å²) in [5, 5.41) is 4.19. The highest BCUT2D eigenvalue weighted by molar-refractivity contribution is 6.32. The van der Waals surface area contributed by atoms with Crippen molar-refractivity contribution in [3.8, 4) is 23.0 Å². The Labute approximate surface area is 171 Å². The van der Waals surface area contributed by atoms with Gasteiger partial charge in [0.2, 0.25) is 0 Å². The van der Waals surface area contributed by atoms with Gasteiger partial charge in [0.05, 0.1) is 18.7 Å². The molecule has 5 nitrogen and oxygen atoms in total. The van der Waals surface area contributed by atoms with E-state index in [4.69, 9.17) is 30.5 Å². The molecule has 2 aromatic carbocycles. The van der Waals surface area contributed by atoms with Gasteiger partial charge in [0, 0.05) is 12.6 Å². The molecule has 1 aliphatic heterocycles. The fourth-order valence-corrected chi connectivity index (χ4v) is 3.71. The van der Waals surface area contributed by atoms with E-state index >= 15 is 0 Å². The predicted molar refractivity (Wildman–Crippen MR) is 111 cm³/mol. The molecule has 0 fully saturated rings. The first-order valence-corrected chi connectivity index (χ1v) is 10.0. The van der Waals surface area contributed by atoms with Crippen LogP contribution in [-0.2, 0) is 6.54 Å². The van der Waals surface area contributed by atoms with Crippen molar-refractivity contribution in [3.63, 3.8) is 0 Å². The van der Waals surface area contributed by atoms with Crippen LogP contribution in [0.3, 0.4) is 0 Å². The number of benzene rings is 2. The van der Waals surface area contributed by atoms with E-state index in [1.807, 2.05) is 25.1 Å². The molecular formula is C22H28ClNO4. The average molecular weight is 406 g/mol. The lowest BCUT2D eigenvalue weighted by atomic mass is 9.95. The van der Waals surface area contributed by atoms with Crippen molar-refractivity contribution in [1.29, 1.82) is 0 Å². The van der Waals surface area contributed by atoms with Crippen LogP contribution in [0.4, 0.5) is 0 Å². The minimum absolute atomic E-state index is 0.159. The Kier molecular flexibility index (Phi) is 6.92. The van der Waals surface area contributed by atoms with Crippen LogP contribution in [0.25, 0.3) is 0 Å². The summed E-state index contributed by atoms with van der Waals surface area (Å²) >= 11 is 6.38. The van der Waals surface area contributed by atoms with Crippen LogP contribution >= 0.6 is 11.6 Å². The molecule has 0 amide bonds. The first-order valence-electron chi connectivity index (χ1n) is 9.65. The minimum atomic E-state index is 0.159. The van der Waals surface area contributed by atoms with Crippen molar-refractivity contribution in [2.45, 2.75) is 33.4 Å². The van der Waals surface area contributed by atoms with Gasteiger partial charge in [-0.1, -0.05) is 31.5 Å². The van der Waals surface area contributed by atoms with Crippen molar-refractivity contribution < 1.29 is 18.9 Å². The lowest BCUT2D eigenvalue weighted by Gasteiger charge is -2.26. The summed E-state index contributed by atoms with van der Waals surface area (Å²) in [4.78, 5) is 0. The van der Waals surface area contributed by atoms with E-state index in [9.17, 15) is 0 Å². The molecule has 0 saturated carbocycles. The highest BCUT2D eigenvalue weighted by atomic mass is 35.5. The fourth-order valence-electron chi connectivity index (χ4n) is 3.40. The van der Waals surface area contributed by atoms with Gasteiger partial charge < -0.3 is 24.3 Å². The van der Waals surface area contributed by atoms with Gasteiger partial charge in [-0.15, -0.1) is 0 Å². The summed E-state index contributed by atoms with van der Waals surface area (Å²) in [6.07, 6.45) is 0. The number of fused-ring (bicyclic) bond motifs is 1. The van der Waals surface area contributed by atoms with Crippen LogP contribution in [0.1, 0.15) is 37.9 Å². The second-order valence-electron chi connectivity index (χ2n) is 7.05. The molecule has 3 rings (SSSR count). The zero-order valence-electron chi connectivity index (χ0n) is 16.9. The molecule has 1 aliphatic rings. The van der Waals surface area contributed by atoms with E-state index in [1.165, 1.54) is 5.56 Å². The van der Waals surface area contributed by atoms with Crippen molar-refractivity contribution in [3.05, 3.63) is 46.5 Å². The molecule has 0 aliphatic carbocycles. The van der Waals surface area contributed by atoms with Gasteiger partial charge in [-0.3, -0.25) is 0 Å². The van der Waals surface area contributed by atoms with Crippen LogP contribution in [0.5, 0.6) is 23.0 Å². The molecule has 0 saturated heterocycles. The van der Waals surface area contributed by atoms with Crippen LogP contribution in [0.15, 0.2) is 30.3 Å². The average Bonchev–Trinajstić information content (AvgIpc) is 2.68. The second-order valence-corrected chi connectivity index (χ2v) is 7.45. The highest BCUT2D eigenvalue weighted by Gasteiger charge is 2.20. The number of methoxy groups -OCH3 is 1. The Morgan fingerprint density at radius 3 is 2.54 bits per heavy atom. The SMILES string of the molecule is CCOc1cc(CNC(c2ccc3c(c2)OCCO3)C(C)C)cc(Cl)c1OC. The Morgan fingerprint density at radius 1 is 1.11 bits per heavy atom. The molecule has 1 unspecified atom stereocenters. The smallest absolute Gasteiger partial charge is 0.179 e. The topological polar surface area (TPSA) is 49.0 Å². The zero-order valence-corrected chi connectivity index (χ0v) is 17.6. The maximum atomic E-state index is 6.38. The van der Waals surface area contributed by atoms with E-state index < -0.39 is 0 Å². The first-order chi connectivity index (χ1) is 13.5. The van der Waals surface area contributed by atoms with Gasteiger partial charge in [0.1, 0.15) is 13.2 Å². The van der Waals surface area contributed by atoms with Gasteiger partial charge in [-0.05, 0) is 48.2 Å². The lowest BCUT2D eigenvalue weighted by molar-refractivity contribution is 0.171. The Balaban J connectivity index is 1.79. The van der Waals surface area contributed by atoms with E-state index in [1.54, 1.807) is 7.11 Å². The van der Waals surface area contributed by atoms with Crippen molar-refractivity contribution in [2.24, 2.45) is 5.92 Å². The number of nitrogens with one attached hydrogen (secondary N) is 1. The Morgan fingerprint density at radius 2 is 1.86 bits per heavy atom. The number of halogens is 1. The fraction of sp³-hybridized carbons (Fsp3) is 0.455. The van der Waals surface area contributed by atoms with Gasteiger partial charge >= 0.3 is 0 Å². The van der Waals surface area contributed by atoms with E-state index in [0.29, 0.717) is 48.8 Å². The van der Waals surface area contributed by atoms with E-state index in [-0.39, 0.29) is 6.04 Å². The van der Waals surface area contributed by atoms with Gasteiger partial charge in [-0.25, -0.2) is 0 Å². The third-order valence-corrected chi connectivity index (χ3v) is 4.97. The van der Waals surface area contributed by atoms with Crippen LogP contribution in [0.2, 0.25) is 5.02 Å². The summed E-state index contributed by atoms with van der Waals surface area (Å²) in [5.41, 5.74) is 2.21.